The Bertz CT molecular complexity index is 185. The molecule has 2 heteroatoms. The van der Waals surface area contributed by atoms with Crippen LogP contribution in [0.2, 0.25) is 0 Å². The van der Waals surface area contributed by atoms with E-state index in [4.69, 9.17) is 0 Å². The Morgan fingerprint density at radius 1 is 1.18 bits per heavy atom. The molecule has 0 amide bonds. The minimum Gasteiger partial charge on any atom is -0.314 e. The van der Waals surface area contributed by atoms with E-state index in [0.29, 0.717) is 11.5 Å². The molecule has 1 fully saturated rings. The molecule has 102 valence electrons. The van der Waals surface area contributed by atoms with E-state index >= 15 is 0 Å². The van der Waals surface area contributed by atoms with Crippen LogP contribution in [0.4, 0.5) is 0 Å². The van der Waals surface area contributed by atoms with Crippen LogP contribution in [0.3, 0.4) is 0 Å². The second-order valence-corrected chi connectivity index (χ2v) is 7.29. The maximum atomic E-state index is 3.69. The molecule has 1 saturated carbocycles. The molecule has 0 unspecified atom stereocenters. The number of rotatable bonds is 8. The Hall–Kier alpha value is 0.310. The van der Waals surface area contributed by atoms with Gasteiger partial charge in [-0.3, -0.25) is 0 Å². The molecular formula is C15H31NS. The third-order valence-corrected chi connectivity index (χ3v) is 4.99. The first-order valence-electron chi connectivity index (χ1n) is 7.50. The van der Waals surface area contributed by atoms with Crippen molar-refractivity contribution in [2.75, 3.05) is 18.1 Å². The second-order valence-electron chi connectivity index (χ2n) is 5.90. The molecule has 0 aromatic rings. The average Bonchev–Trinajstić information content (AvgIpc) is 2.34. The molecule has 17 heavy (non-hydrogen) atoms. The van der Waals surface area contributed by atoms with Crippen molar-refractivity contribution in [3.8, 4) is 0 Å². The molecule has 1 rings (SSSR count). The molecule has 0 aromatic carbocycles. The molecule has 0 saturated heterocycles. The fraction of sp³-hybridized carbons (Fsp3) is 1.00. The largest absolute Gasteiger partial charge is 0.314 e. The summed E-state index contributed by atoms with van der Waals surface area (Å²) in [5.74, 6) is 2.64. The summed E-state index contributed by atoms with van der Waals surface area (Å²) in [6.45, 7) is 8.05. The molecule has 0 aromatic heterocycles. The summed E-state index contributed by atoms with van der Waals surface area (Å²) in [6, 6.07) is 0.638. The van der Waals surface area contributed by atoms with Gasteiger partial charge in [0.1, 0.15) is 0 Å². The predicted molar refractivity (Wildman–Crippen MR) is 80.9 cm³/mol. The van der Waals surface area contributed by atoms with Crippen LogP contribution in [0.25, 0.3) is 0 Å². The Morgan fingerprint density at radius 2 is 1.88 bits per heavy atom. The van der Waals surface area contributed by atoms with Gasteiger partial charge in [-0.15, -0.1) is 0 Å². The highest BCUT2D eigenvalue weighted by Gasteiger charge is 2.31. The summed E-state index contributed by atoms with van der Waals surface area (Å²) < 4.78 is 0. The van der Waals surface area contributed by atoms with Gasteiger partial charge in [0.25, 0.3) is 0 Å². The smallest absolute Gasteiger partial charge is 0.00106 e. The summed E-state index contributed by atoms with van der Waals surface area (Å²) in [5.41, 5.74) is 0.636. The van der Waals surface area contributed by atoms with Gasteiger partial charge >= 0.3 is 0 Å². The predicted octanol–water partition coefficient (Wildman–Crippen LogP) is 4.47. The van der Waals surface area contributed by atoms with Crippen molar-refractivity contribution < 1.29 is 0 Å². The maximum absolute atomic E-state index is 3.69. The molecule has 0 aliphatic heterocycles. The van der Waals surface area contributed by atoms with Crippen molar-refractivity contribution in [2.45, 2.75) is 71.8 Å². The van der Waals surface area contributed by atoms with Gasteiger partial charge in [0.05, 0.1) is 0 Å². The van der Waals surface area contributed by atoms with Gasteiger partial charge in [-0.1, -0.05) is 40.0 Å². The van der Waals surface area contributed by atoms with Gasteiger partial charge < -0.3 is 5.32 Å². The Balaban J connectivity index is 2.35. The van der Waals surface area contributed by atoms with E-state index in [2.05, 4.69) is 37.8 Å². The number of thioether (sulfide) groups is 1. The Labute approximate surface area is 113 Å². The Kier molecular flexibility index (Phi) is 7.61. The molecule has 0 bridgehead atoms. The van der Waals surface area contributed by atoms with E-state index in [1.54, 1.807) is 0 Å². The van der Waals surface area contributed by atoms with Crippen LogP contribution in [0.1, 0.15) is 65.7 Å². The van der Waals surface area contributed by atoms with E-state index in [-0.39, 0.29) is 0 Å². The minimum atomic E-state index is 0.636. The topological polar surface area (TPSA) is 12.0 Å². The van der Waals surface area contributed by atoms with Crippen molar-refractivity contribution in [2.24, 2.45) is 5.41 Å². The first-order valence-corrected chi connectivity index (χ1v) is 8.65. The molecule has 0 spiro atoms. The van der Waals surface area contributed by atoms with Crippen LogP contribution in [-0.4, -0.2) is 24.1 Å². The van der Waals surface area contributed by atoms with E-state index < -0.39 is 0 Å². The van der Waals surface area contributed by atoms with Crippen molar-refractivity contribution in [1.82, 2.24) is 5.32 Å². The van der Waals surface area contributed by atoms with E-state index in [9.17, 15) is 0 Å². The standard InChI is InChI=1S/C15H31NS/c1-4-17-12-8-11-15(13-16-14(2)3)9-6-5-7-10-15/h14,16H,4-13H2,1-3H3. The van der Waals surface area contributed by atoms with Gasteiger partial charge in [0.2, 0.25) is 0 Å². The first kappa shape index (κ1) is 15.4. The van der Waals surface area contributed by atoms with E-state index in [1.807, 2.05) is 0 Å². The minimum absolute atomic E-state index is 0.636. The lowest BCUT2D eigenvalue weighted by Gasteiger charge is -2.38. The highest BCUT2D eigenvalue weighted by molar-refractivity contribution is 7.99. The molecule has 1 aliphatic rings. The van der Waals surface area contributed by atoms with Crippen molar-refractivity contribution >= 4 is 11.8 Å². The average molecular weight is 257 g/mol. The van der Waals surface area contributed by atoms with E-state index in [0.717, 1.165) is 0 Å². The highest BCUT2D eigenvalue weighted by Crippen LogP contribution is 2.40. The molecule has 1 aliphatic carbocycles. The van der Waals surface area contributed by atoms with Gasteiger partial charge in [-0.2, -0.15) is 11.8 Å². The lowest BCUT2D eigenvalue weighted by molar-refractivity contribution is 0.162. The molecule has 1 nitrogen and oxygen atoms in total. The normalized spacial score (nSPS) is 19.8. The lowest BCUT2D eigenvalue weighted by atomic mass is 9.71. The third-order valence-electron chi connectivity index (χ3n) is 4.00. The maximum Gasteiger partial charge on any atom is 0.00106 e. The van der Waals surface area contributed by atoms with Crippen LogP contribution < -0.4 is 5.32 Å². The van der Waals surface area contributed by atoms with Crippen LogP contribution >= 0.6 is 11.8 Å². The van der Waals surface area contributed by atoms with Crippen LogP contribution in [0, 0.1) is 5.41 Å². The fourth-order valence-electron chi connectivity index (χ4n) is 2.93. The second kappa shape index (κ2) is 8.42. The van der Waals surface area contributed by atoms with Gasteiger partial charge in [-0.25, -0.2) is 0 Å². The molecule has 0 radical (unpaired) electrons. The fourth-order valence-corrected chi connectivity index (χ4v) is 3.57. The van der Waals surface area contributed by atoms with E-state index in [1.165, 1.54) is 63.0 Å². The quantitative estimate of drug-likeness (QED) is 0.644. The summed E-state index contributed by atoms with van der Waals surface area (Å²) in [6.07, 6.45) is 10.2. The summed E-state index contributed by atoms with van der Waals surface area (Å²) >= 11 is 2.10. The molecule has 1 N–H and O–H groups in total. The molecule has 0 atom stereocenters. The highest BCUT2D eigenvalue weighted by atomic mass is 32.2. The molecular weight excluding hydrogens is 226 g/mol. The van der Waals surface area contributed by atoms with Crippen LogP contribution in [-0.2, 0) is 0 Å². The zero-order valence-corrected chi connectivity index (χ0v) is 12.9. The molecule has 0 heterocycles. The van der Waals surface area contributed by atoms with Crippen LogP contribution in [0.5, 0.6) is 0 Å². The van der Waals surface area contributed by atoms with Crippen LogP contribution in [0.15, 0.2) is 0 Å². The summed E-state index contributed by atoms with van der Waals surface area (Å²) in [4.78, 5) is 0. The van der Waals surface area contributed by atoms with Gasteiger partial charge in [-0.05, 0) is 42.6 Å². The zero-order chi connectivity index (χ0) is 12.6. The number of nitrogens with one attached hydrogen (secondary N) is 1. The zero-order valence-electron chi connectivity index (χ0n) is 12.1. The van der Waals surface area contributed by atoms with Gasteiger partial charge in [0.15, 0.2) is 0 Å². The number of hydrogen-bond donors (Lipinski definition) is 1. The first-order chi connectivity index (χ1) is 8.18. The number of hydrogen-bond acceptors (Lipinski definition) is 2. The van der Waals surface area contributed by atoms with Gasteiger partial charge in [0, 0.05) is 12.6 Å². The monoisotopic (exact) mass is 257 g/mol. The lowest BCUT2D eigenvalue weighted by Crippen LogP contribution is -2.39. The SMILES string of the molecule is CCSCCCC1(CNC(C)C)CCCCC1. The van der Waals surface area contributed by atoms with Crippen molar-refractivity contribution in [3.05, 3.63) is 0 Å². The Morgan fingerprint density at radius 3 is 2.47 bits per heavy atom. The third kappa shape index (κ3) is 6.15. The van der Waals surface area contributed by atoms with Crippen molar-refractivity contribution in [3.63, 3.8) is 0 Å². The summed E-state index contributed by atoms with van der Waals surface area (Å²) in [7, 11) is 0. The summed E-state index contributed by atoms with van der Waals surface area (Å²) in [5, 5.41) is 3.69. The van der Waals surface area contributed by atoms with Crippen molar-refractivity contribution in [1.29, 1.82) is 0 Å².